The van der Waals surface area contributed by atoms with Crippen molar-refractivity contribution in [3.05, 3.63) is 65.7 Å². The molecule has 21 heavy (non-hydrogen) atoms. The Labute approximate surface area is 132 Å². The molecule has 0 aliphatic carbocycles. The van der Waals surface area contributed by atoms with E-state index in [-0.39, 0.29) is 0 Å². The fraction of sp³-hybridized carbons (Fsp3) is 0.263. The molecule has 1 unspecified atom stereocenters. The maximum atomic E-state index is 2.40. The lowest BCUT2D eigenvalue weighted by atomic mass is 10.1. The van der Waals surface area contributed by atoms with E-state index in [2.05, 4.69) is 88.1 Å². The van der Waals surface area contributed by atoms with Gasteiger partial charge in [0.25, 0.3) is 0 Å². The van der Waals surface area contributed by atoms with Crippen LogP contribution in [0.4, 0.5) is 0 Å². The van der Waals surface area contributed by atoms with Gasteiger partial charge in [-0.3, -0.25) is 0 Å². The zero-order chi connectivity index (χ0) is 15.5. The first-order valence-corrected chi connectivity index (χ1v) is 12.0. The van der Waals surface area contributed by atoms with Gasteiger partial charge in [0.15, 0.2) is 0 Å². The smallest absolute Gasteiger partial charge is 0.0681 e. The number of benzene rings is 2. The van der Waals surface area contributed by atoms with E-state index in [1.165, 1.54) is 26.9 Å². The summed E-state index contributed by atoms with van der Waals surface area (Å²) in [4.78, 5) is 0. The molecule has 0 aliphatic rings. The molecule has 2 aromatic carbocycles. The second-order valence-corrected chi connectivity index (χ2v) is 13.1. The van der Waals surface area contributed by atoms with E-state index in [0.29, 0.717) is 0 Å². The average molecular weight is 312 g/mol. The molecule has 0 heterocycles. The van der Waals surface area contributed by atoms with E-state index in [9.17, 15) is 0 Å². The number of allylic oxidation sites excluding steroid dienone is 1. The van der Waals surface area contributed by atoms with Crippen molar-refractivity contribution in [2.75, 3.05) is 0 Å². The maximum absolute atomic E-state index is 2.40. The van der Waals surface area contributed by atoms with E-state index >= 15 is 0 Å². The van der Waals surface area contributed by atoms with Gasteiger partial charge < -0.3 is 0 Å². The fourth-order valence-corrected chi connectivity index (χ4v) is 4.64. The second-order valence-electron chi connectivity index (χ2n) is 6.69. The molecule has 0 spiro atoms. The number of hydrogen-bond donors (Lipinski definition) is 0. The molecule has 0 saturated carbocycles. The summed E-state index contributed by atoms with van der Waals surface area (Å²) in [5, 5.41) is 4.43. The summed E-state index contributed by atoms with van der Waals surface area (Å²) in [7, 11) is -0.463. The lowest BCUT2D eigenvalue weighted by molar-refractivity contribution is 1.41. The Morgan fingerprint density at radius 2 is 1.38 bits per heavy atom. The highest BCUT2D eigenvalue weighted by Gasteiger charge is 2.15. The molecule has 0 fully saturated rings. The number of rotatable bonds is 4. The molecule has 0 nitrogen and oxygen atoms in total. The van der Waals surface area contributed by atoms with Crippen LogP contribution in [-0.4, -0.2) is 8.07 Å². The predicted molar refractivity (Wildman–Crippen MR) is 102 cm³/mol. The summed E-state index contributed by atoms with van der Waals surface area (Å²) in [6, 6.07) is 20.1. The minimum Gasteiger partial charge on any atom is -0.0681 e. The van der Waals surface area contributed by atoms with Crippen LogP contribution in [0.3, 0.4) is 0 Å². The van der Waals surface area contributed by atoms with Crippen molar-refractivity contribution in [2.45, 2.75) is 33.5 Å². The van der Waals surface area contributed by atoms with Gasteiger partial charge in [0.05, 0.1) is 8.07 Å². The Morgan fingerprint density at radius 1 is 0.810 bits per heavy atom. The third-order valence-corrected chi connectivity index (χ3v) is 7.31. The van der Waals surface area contributed by atoms with Crippen LogP contribution in [-0.2, 0) is 0 Å². The summed E-state index contributed by atoms with van der Waals surface area (Å²) in [5.41, 5.74) is 2.76. The normalized spacial score (nSPS) is 11.9. The summed E-state index contributed by atoms with van der Waals surface area (Å²) in [6.45, 7) is 11.6. The first kappa shape index (κ1) is 16.2. The van der Waals surface area contributed by atoms with Gasteiger partial charge in [-0.2, -0.15) is 0 Å². The standard InChI is InChI=1S/C19H25PSi/c1-15(2)19(16-9-7-6-8-10-16)20-17-11-13-18(14-12-17)21(3,4)5/h6-14,20H,1-5H3. The first-order chi connectivity index (χ1) is 9.88. The Hall–Kier alpha value is -1.17. The molecule has 2 rings (SSSR count). The molecule has 0 N–H and O–H groups in total. The minimum atomic E-state index is -1.19. The lowest BCUT2D eigenvalue weighted by Gasteiger charge is -2.17. The molecule has 0 aliphatic heterocycles. The molecule has 110 valence electrons. The molecule has 2 heteroatoms. The molecule has 0 saturated heterocycles. The quantitative estimate of drug-likeness (QED) is 0.551. The molecular weight excluding hydrogens is 287 g/mol. The van der Waals surface area contributed by atoms with Gasteiger partial charge in [-0.05, 0) is 30.0 Å². The molecule has 0 aromatic heterocycles. The van der Waals surface area contributed by atoms with Crippen LogP contribution in [0.1, 0.15) is 19.4 Å². The maximum Gasteiger partial charge on any atom is 0.0775 e. The van der Waals surface area contributed by atoms with Gasteiger partial charge in [0, 0.05) is 0 Å². The minimum absolute atomic E-state index is 0.728. The molecule has 0 bridgehead atoms. The van der Waals surface area contributed by atoms with E-state index < -0.39 is 8.07 Å². The third-order valence-electron chi connectivity index (χ3n) is 3.58. The Kier molecular flexibility index (Phi) is 5.19. The fourth-order valence-electron chi connectivity index (χ4n) is 2.29. The van der Waals surface area contributed by atoms with Crippen LogP contribution in [0.15, 0.2) is 60.2 Å². The molecule has 0 radical (unpaired) electrons. The van der Waals surface area contributed by atoms with Crippen molar-refractivity contribution in [1.82, 2.24) is 0 Å². The lowest BCUT2D eigenvalue weighted by Crippen LogP contribution is -2.37. The monoisotopic (exact) mass is 312 g/mol. The van der Waals surface area contributed by atoms with Gasteiger partial charge in [0.1, 0.15) is 0 Å². The first-order valence-electron chi connectivity index (χ1n) is 7.48. The Balaban J connectivity index is 2.26. The summed E-state index contributed by atoms with van der Waals surface area (Å²) >= 11 is 0. The van der Waals surface area contributed by atoms with Gasteiger partial charge >= 0.3 is 0 Å². The zero-order valence-corrected chi connectivity index (χ0v) is 15.7. The van der Waals surface area contributed by atoms with Crippen molar-refractivity contribution in [1.29, 1.82) is 0 Å². The van der Waals surface area contributed by atoms with E-state index in [4.69, 9.17) is 0 Å². The summed E-state index contributed by atoms with van der Waals surface area (Å²) in [6.07, 6.45) is 0. The van der Waals surface area contributed by atoms with E-state index in [1.807, 2.05) is 0 Å². The predicted octanol–water partition coefficient (Wildman–Crippen LogP) is 4.99. The Morgan fingerprint density at radius 3 is 1.86 bits per heavy atom. The highest BCUT2D eigenvalue weighted by atomic mass is 31.1. The van der Waals surface area contributed by atoms with Crippen molar-refractivity contribution < 1.29 is 0 Å². The van der Waals surface area contributed by atoms with Gasteiger partial charge in [0.2, 0.25) is 0 Å². The average Bonchev–Trinajstić information content (AvgIpc) is 2.45. The van der Waals surface area contributed by atoms with Gasteiger partial charge in [-0.1, -0.05) is 93.6 Å². The van der Waals surface area contributed by atoms with Crippen LogP contribution in [0.5, 0.6) is 0 Å². The van der Waals surface area contributed by atoms with Crippen molar-refractivity contribution in [3.63, 3.8) is 0 Å². The van der Waals surface area contributed by atoms with Crippen molar-refractivity contribution in [2.24, 2.45) is 0 Å². The molecular formula is C19H25PSi. The highest BCUT2D eigenvalue weighted by Crippen LogP contribution is 2.35. The van der Waals surface area contributed by atoms with Crippen molar-refractivity contribution >= 4 is 32.5 Å². The third kappa shape index (κ3) is 4.39. The largest absolute Gasteiger partial charge is 0.0775 e. The second kappa shape index (κ2) is 6.73. The van der Waals surface area contributed by atoms with Crippen LogP contribution < -0.4 is 10.5 Å². The van der Waals surface area contributed by atoms with Gasteiger partial charge in [-0.25, -0.2) is 0 Å². The zero-order valence-electron chi connectivity index (χ0n) is 13.7. The number of hydrogen-bond acceptors (Lipinski definition) is 0. The summed E-state index contributed by atoms with van der Waals surface area (Å²) < 4.78 is 0. The summed E-state index contributed by atoms with van der Waals surface area (Å²) in [5.74, 6) is 0. The van der Waals surface area contributed by atoms with E-state index in [0.717, 1.165) is 8.58 Å². The van der Waals surface area contributed by atoms with Crippen LogP contribution in [0.25, 0.3) is 5.31 Å². The van der Waals surface area contributed by atoms with Gasteiger partial charge in [-0.15, -0.1) is 0 Å². The highest BCUT2D eigenvalue weighted by molar-refractivity contribution is 7.58. The molecule has 0 amide bonds. The van der Waals surface area contributed by atoms with Crippen LogP contribution >= 0.6 is 8.58 Å². The Bertz CT molecular complexity index is 615. The van der Waals surface area contributed by atoms with Crippen LogP contribution in [0, 0.1) is 0 Å². The topological polar surface area (TPSA) is 0 Å². The van der Waals surface area contributed by atoms with E-state index in [1.54, 1.807) is 0 Å². The molecule has 1 atom stereocenters. The SMILES string of the molecule is CC(C)=C(Pc1ccc([Si](C)(C)C)cc1)c1ccccc1. The molecule has 2 aromatic rings. The van der Waals surface area contributed by atoms with Crippen molar-refractivity contribution in [3.8, 4) is 0 Å². The van der Waals surface area contributed by atoms with Crippen LogP contribution in [0.2, 0.25) is 19.6 Å².